The lowest BCUT2D eigenvalue weighted by molar-refractivity contribution is -0.150. The SMILES string of the molecule is CCCCCCCCCCCC(CCCCCCCC)OC(=O)CCCCCCCCCCCCCCC(C)C. The molecule has 1 atom stereocenters. The van der Waals surface area contributed by atoms with Gasteiger partial charge in [-0.05, 0) is 38.0 Å². The molecule has 2 heteroatoms. The van der Waals surface area contributed by atoms with Crippen LogP contribution >= 0.6 is 0 Å². The second-order valence-electron chi connectivity index (χ2n) is 13.5. The molecule has 0 amide bonds. The predicted octanol–water partition coefficient (Wildman–Crippen LogP) is 13.7. The third-order valence-electron chi connectivity index (χ3n) is 8.72. The molecule has 2 nitrogen and oxygen atoms in total. The highest BCUT2D eigenvalue weighted by molar-refractivity contribution is 5.69. The first-order valence-corrected chi connectivity index (χ1v) is 18.8. The van der Waals surface area contributed by atoms with Crippen molar-refractivity contribution >= 4 is 5.97 Å². The molecule has 1 unspecified atom stereocenters. The van der Waals surface area contributed by atoms with Gasteiger partial charge in [-0.2, -0.15) is 0 Å². The number of carbonyl (C=O) groups excluding carboxylic acids is 1. The zero-order chi connectivity index (χ0) is 29.4. The summed E-state index contributed by atoms with van der Waals surface area (Å²) in [6.07, 6.45) is 40.5. The average molecular weight is 565 g/mol. The average Bonchev–Trinajstić information content (AvgIpc) is 2.93. The van der Waals surface area contributed by atoms with Gasteiger partial charge in [-0.25, -0.2) is 0 Å². The standard InChI is InChI=1S/C38H76O2/c1-5-7-9-11-13-18-22-26-30-34-37(33-29-25-12-10-8-6-2)40-38(39)35-31-27-23-20-17-15-14-16-19-21-24-28-32-36(3)4/h36-37H,5-35H2,1-4H3. The number of esters is 1. The molecule has 0 N–H and O–H groups in total. The molecule has 0 aliphatic heterocycles. The normalized spacial score (nSPS) is 12.3. The van der Waals surface area contributed by atoms with E-state index in [9.17, 15) is 4.79 Å². The van der Waals surface area contributed by atoms with Crippen molar-refractivity contribution in [2.45, 2.75) is 233 Å². The van der Waals surface area contributed by atoms with Crippen molar-refractivity contribution in [3.05, 3.63) is 0 Å². The Morgan fingerprint density at radius 1 is 0.425 bits per heavy atom. The minimum absolute atomic E-state index is 0.0697. The summed E-state index contributed by atoms with van der Waals surface area (Å²) in [5, 5.41) is 0. The Kier molecular flexibility index (Phi) is 32.5. The Bertz CT molecular complexity index is 486. The van der Waals surface area contributed by atoms with E-state index in [0.717, 1.165) is 25.2 Å². The number of unbranched alkanes of at least 4 members (excludes halogenated alkanes) is 24. The van der Waals surface area contributed by atoms with Gasteiger partial charge in [-0.15, -0.1) is 0 Å². The molecule has 0 aromatic rings. The zero-order valence-electron chi connectivity index (χ0n) is 28.4. The molecular weight excluding hydrogens is 488 g/mol. The van der Waals surface area contributed by atoms with Gasteiger partial charge in [0.2, 0.25) is 0 Å². The van der Waals surface area contributed by atoms with E-state index in [4.69, 9.17) is 4.74 Å². The number of hydrogen-bond donors (Lipinski definition) is 0. The van der Waals surface area contributed by atoms with E-state index in [1.807, 2.05) is 0 Å². The van der Waals surface area contributed by atoms with Gasteiger partial charge < -0.3 is 4.74 Å². The first-order chi connectivity index (χ1) is 19.6. The molecule has 0 rings (SSSR count). The minimum Gasteiger partial charge on any atom is -0.462 e. The van der Waals surface area contributed by atoms with Crippen molar-refractivity contribution in [3.63, 3.8) is 0 Å². The van der Waals surface area contributed by atoms with Crippen molar-refractivity contribution in [2.75, 3.05) is 0 Å². The molecule has 240 valence electrons. The molecule has 0 radical (unpaired) electrons. The maximum Gasteiger partial charge on any atom is 0.306 e. The number of rotatable bonds is 33. The maximum atomic E-state index is 12.6. The molecule has 0 heterocycles. The first kappa shape index (κ1) is 39.5. The third kappa shape index (κ3) is 32.0. The van der Waals surface area contributed by atoms with Crippen LogP contribution in [0.3, 0.4) is 0 Å². The Hall–Kier alpha value is -0.530. The Morgan fingerprint density at radius 3 is 1.07 bits per heavy atom. The van der Waals surface area contributed by atoms with Gasteiger partial charge in [0.05, 0.1) is 0 Å². The molecule has 0 aromatic heterocycles. The van der Waals surface area contributed by atoms with Gasteiger partial charge in [0.15, 0.2) is 0 Å². The van der Waals surface area contributed by atoms with Crippen LogP contribution in [0.2, 0.25) is 0 Å². The molecule has 0 bridgehead atoms. The summed E-state index contributed by atoms with van der Waals surface area (Å²) in [5.74, 6) is 0.937. The van der Waals surface area contributed by atoms with Crippen LogP contribution in [-0.2, 0) is 9.53 Å². The van der Waals surface area contributed by atoms with Crippen LogP contribution < -0.4 is 0 Å². The molecule has 0 saturated heterocycles. The lowest BCUT2D eigenvalue weighted by atomic mass is 10.0. The van der Waals surface area contributed by atoms with Crippen molar-refractivity contribution in [1.82, 2.24) is 0 Å². The predicted molar refractivity (Wildman–Crippen MR) is 179 cm³/mol. The fraction of sp³-hybridized carbons (Fsp3) is 0.974. The second-order valence-corrected chi connectivity index (χ2v) is 13.5. The summed E-state index contributed by atoms with van der Waals surface area (Å²) < 4.78 is 6.03. The van der Waals surface area contributed by atoms with Crippen molar-refractivity contribution in [2.24, 2.45) is 5.92 Å². The van der Waals surface area contributed by atoms with E-state index in [-0.39, 0.29) is 12.1 Å². The highest BCUT2D eigenvalue weighted by Gasteiger charge is 2.14. The summed E-state index contributed by atoms with van der Waals surface area (Å²) in [4.78, 5) is 12.6. The van der Waals surface area contributed by atoms with E-state index < -0.39 is 0 Å². The fourth-order valence-corrected chi connectivity index (χ4v) is 5.93. The van der Waals surface area contributed by atoms with Crippen LogP contribution in [0.25, 0.3) is 0 Å². The summed E-state index contributed by atoms with van der Waals surface area (Å²) in [5.41, 5.74) is 0. The van der Waals surface area contributed by atoms with E-state index in [0.29, 0.717) is 6.42 Å². The lowest BCUT2D eigenvalue weighted by Crippen LogP contribution is -2.18. The number of ether oxygens (including phenoxy) is 1. The second kappa shape index (κ2) is 33.0. The molecule has 0 aliphatic carbocycles. The van der Waals surface area contributed by atoms with Crippen LogP contribution in [-0.4, -0.2) is 12.1 Å². The fourth-order valence-electron chi connectivity index (χ4n) is 5.93. The maximum absolute atomic E-state index is 12.6. The van der Waals surface area contributed by atoms with Gasteiger partial charge in [-0.3, -0.25) is 4.79 Å². The summed E-state index contributed by atoms with van der Waals surface area (Å²) in [7, 11) is 0. The van der Waals surface area contributed by atoms with Crippen LogP contribution in [0.15, 0.2) is 0 Å². The monoisotopic (exact) mass is 565 g/mol. The molecular formula is C38H76O2. The van der Waals surface area contributed by atoms with E-state index in [2.05, 4.69) is 27.7 Å². The number of hydrogen-bond acceptors (Lipinski definition) is 2. The van der Waals surface area contributed by atoms with E-state index >= 15 is 0 Å². The largest absolute Gasteiger partial charge is 0.462 e. The highest BCUT2D eigenvalue weighted by atomic mass is 16.5. The van der Waals surface area contributed by atoms with Gasteiger partial charge in [0.25, 0.3) is 0 Å². The minimum atomic E-state index is 0.0697. The molecule has 0 aromatic carbocycles. The first-order valence-electron chi connectivity index (χ1n) is 18.8. The quantitative estimate of drug-likeness (QED) is 0.0585. The lowest BCUT2D eigenvalue weighted by Gasteiger charge is -2.18. The molecule has 0 fully saturated rings. The molecule has 0 spiro atoms. The van der Waals surface area contributed by atoms with Gasteiger partial charge in [0.1, 0.15) is 6.10 Å². The summed E-state index contributed by atoms with van der Waals surface area (Å²) >= 11 is 0. The summed E-state index contributed by atoms with van der Waals surface area (Å²) in [6.45, 7) is 9.23. The summed E-state index contributed by atoms with van der Waals surface area (Å²) in [6, 6.07) is 0. The van der Waals surface area contributed by atoms with E-state index in [1.165, 1.54) is 173 Å². The smallest absolute Gasteiger partial charge is 0.306 e. The van der Waals surface area contributed by atoms with Crippen LogP contribution in [0.4, 0.5) is 0 Å². The Morgan fingerprint density at radius 2 is 0.725 bits per heavy atom. The molecule has 40 heavy (non-hydrogen) atoms. The van der Waals surface area contributed by atoms with E-state index in [1.54, 1.807) is 0 Å². The topological polar surface area (TPSA) is 26.3 Å². The molecule has 0 aliphatic rings. The van der Waals surface area contributed by atoms with Gasteiger partial charge >= 0.3 is 5.97 Å². The van der Waals surface area contributed by atoms with Gasteiger partial charge in [0, 0.05) is 6.42 Å². The highest BCUT2D eigenvalue weighted by Crippen LogP contribution is 2.19. The van der Waals surface area contributed by atoms with Crippen molar-refractivity contribution in [1.29, 1.82) is 0 Å². The van der Waals surface area contributed by atoms with Crippen molar-refractivity contribution in [3.8, 4) is 0 Å². The van der Waals surface area contributed by atoms with Crippen molar-refractivity contribution < 1.29 is 9.53 Å². The van der Waals surface area contributed by atoms with Crippen LogP contribution in [0.1, 0.15) is 227 Å². The third-order valence-corrected chi connectivity index (χ3v) is 8.72. The zero-order valence-corrected chi connectivity index (χ0v) is 28.4. The molecule has 0 saturated carbocycles. The van der Waals surface area contributed by atoms with Crippen LogP contribution in [0.5, 0.6) is 0 Å². The Labute approximate surface area is 254 Å². The Balaban J connectivity index is 3.86. The van der Waals surface area contributed by atoms with Gasteiger partial charge in [-0.1, -0.05) is 188 Å². The van der Waals surface area contributed by atoms with Crippen LogP contribution in [0, 0.1) is 5.92 Å². The number of carbonyl (C=O) groups is 1.